The van der Waals surface area contributed by atoms with Gasteiger partial charge in [0.25, 0.3) is 0 Å². The van der Waals surface area contributed by atoms with E-state index < -0.39 is 10.1 Å². The fraction of sp³-hybridized carbons (Fsp3) is 0.444. The molecular weight excluding hydrogens is 335 g/mol. The van der Waals surface area contributed by atoms with Gasteiger partial charge in [-0.2, -0.15) is 0 Å². The molecule has 0 spiro atoms. The largest absolute Gasteiger partial charge is 1.00 e. The Bertz CT molecular complexity index is 754. The molecule has 5 heteroatoms. The zero-order chi connectivity index (χ0) is 16.2. The maximum atomic E-state index is 11.7. The molecule has 0 saturated carbocycles. The molecule has 2 aromatic carbocycles. The zero-order valence-corrected chi connectivity index (χ0v) is 18.2. The maximum Gasteiger partial charge on any atom is 1.00 e. The minimum atomic E-state index is -4.47. The Morgan fingerprint density at radius 3 is 2.26 bits per heavy atom. The number of unbranched alkanes of at least 4 members (excludes halogenated alkanes) is 2. The van der Waals surface area contributed by atoms with Crippen LogP contribution in [0, 0.1) is 0 Å². The van der Waals surface area contributed by atoms with E-state index in [0.29, 0.717) is 5.39 Å². The van der Waals surface area contributed by atoms with Crippen LogP contribution < -0.4 is 51.4 Å². The van der Waals surface area contributed by atoms with Crippen molar-refractivity contribution in [3.8, 4) is 0 Å². The molecule has 0 unspecified atom stereocenters. The smallest absolute Gasteiger partial charge is 0.744 e. The van der Waals surface area contributed by atoms with E-state index in [4.69, 9.17) is 0 Å². The molecule has 3 nitrogen and oxygen atoms in total. The molecule has 0 bridgehead atoms. The van der Waals surface area contributed by atoms with Crippen LogP contribution in [0.4, 0.5) is 0 Å². The summed E-state index contributed by atoms with van der Waals surface area (Å²) >= 11 is 0. The van der Waals surface area contributed by atoms with Crippen molar-refractivity contribution >= 4 is 20.9 Å². The standard InChI is InChI=1S/C18H24O3S.K/c1-3-5-8-14-12-16-11-7-10-15(9-6-4-2)18(16)17(13-14)22(19,20)21;/h7,10-13H,3-6,8-9H2,1-2H3,(H,19,20,21);/q;+1/p-1. The molecule has 0 radical (unpaired) electrons. The van der Waals surface area contributed by atoms with Crippen molar-refractivity contribution in [1.29, 1.82) is 0 Å². The van der Waals surface area contributed by atoms with Crippen molar-refractivity contribution in [3.05, 3.63) is 41.5 Å². The van der Waals surface area contributed by atoms with Gasteiger partial charge in [-0.15, -0.1) is 0 Å². The van der Waals surface area contributed by atoms with Crippen molar-refractivity contribution < 1.29 is 64.4 Å². The molecule has 0 fully saturated rings. The van der Waals surface area contributed by atoms with Crippen molar-refractivity contribution in [2.45, 2.75) is 57.3 Å². The van der Waals surface area contributed by atoms with E-state index in [-0.39, 0.29) is 56.3 Å². The summed E-state index contributed by atoms with van der Waals surface area (Å²) in [4.78, 5) is -0.0530. The Labute approximate surface area is 182 Å². The van der Waals surface area contributed by atoms with E-state index >= 15 is 0 Å². The quantitative estimate of drug-likeness (QED) is 0.556. The molecule has 0 saturated heterocycles. The van der Waals surface area contributed by atoms with Crippen LogP contribution >= 0.6 is 0 Å². The van der Waals surface area contributed by atoms with E-state index in [1.54, 1.807) is 6.07 Å². The van der Waals surface area contributed by atoms with Gasteiger partial charge < -0.3 is 4.55 Å². The first-order chi connectivity index (χ1) is 10.5. The molecule has 0 heterocycles. The molecular formula is C18H23KO3S. The predicted octanol–water partition coefficient (Wildman–Crippen LogP) is 1.43. The van der Waals surface area contributed by atoms with Crippen LogP contribution in [0.3, 0.4) is 0 Å². The van der Waals surface area contributed by atoms with Gasteiger partial charge >= 0.3 is 51.4 Å². The predicted molar refractivity (Wildman–Crippen MR) is 89.1 cm³/mol. The Balaban J connectivity index is 0.00000264. The minimum absolute atomic E-state index is 0. The molecule has 0 aromatic heterocycles. The summed E-state index contributed by atoms with van der Waals surface area (Å²) in [6.07, 6.45) is 5.63. The Kier molecular flexibility index (Phi) is 8.94. The molecule has 0 aliphatic carbocycles. The summed E-state index contributed by atoms with van der Waals surface area (Å²) in [6.45, 7) is 4.19. The van der Waals surface area contributed by atoms with E-state index in [1.165, 1.54) is 0 Å². The van der Waals surface area contributed by atoms with Gasteiger partial charge in [-0.05, 0) is 48.3 Å². The summed E-state index contributed by atoms with van der Waals surface area (Å²) < 4.78 is 35.2. The van der Waals surface area contributed by atoms with Crippen LogP contribution in [0.15, 0.2) is 35.2 Å². The Morgan fingerprint density at radius 2 is 1.65 bits per heavy atom. The fourth-order valence-electron chi connectivity index (χ4n) is 2.82. The summed E-state index contributed by atoms with van der Waals surface area (Å²) in [5.41, 5.74) is 1.88. The van der Waals surface area contributed by atoms with Crippen molar-refractivity contribution in [1.82, 2.24) is 0 Å². The summed E-state index contributed by atoms with van der Waals surface area (Å²) in [7, 11) is -4.47. The Hall–Kier alpha value is 0.246. The average Bonchev–Trinajstić information content (AvgIpc) is 2.48. The number of rotatable bonds is 7. The second-order valence-corrected chi connectivity index (χ2v) is 7.12. The average molecular weight is 359 g/mol. The Morgan fingerprint density at radius 1 is 1.00 bits per heavy atom. The third-order valence-corrected chi connectivity index (χ3v) is 4.84. The van der Waals surface area contributed by atoms with Crippen LogP contribution in [0.2, 0.25) is 0 Å². The van der Waals surface area contributed by atoms with Crippen molar-refractivity contribution in [2.75, 3.05) is 0 Å². The molecule has 0 aliphatic heterocycles. The van der Waals surface area contributed by atoms with E-state index in [2.05, 4.69) is 13.8 Å². The van der Waals surface area contributed by atoms with Gasteiger partial charge in [-0.25, -0.2) is 8.42 Å². The minimum Gasteiger partial charge on any atom is -0.744 e. The van der Waals surface area contributed by atoms with E-state index in [9.17, 15) is 13.0 Å². The molecule has 0 amide bonds. The monoisotopic (exact) mass is 358 g/mol. The summed E-state index contributed by atoms with van der Waals surface area (Å²) in [5.74, 6) is 0. The number of fused-ring (bicyclic) bond motifs is 1. The molecule has 0 atom stereocenters. The molecule has 120 valence electrons. The number of hydrogen-bond donors (Lipinski definition) is 0. The summed E-state index contributed by atoms with van der Waals surface area (Å²) in [5, 5.41) is 1.47. The van der Waals surface area contributed by atoms with Gasteiger partial charge in [0.15, 0.2) is 0 Å². The van der Waals surface area contributed by atoms with Crippen LogP contribution in [0.5, 0.6) is 0 Å². The molecule has 2 rings (SSSR count). The molecule has 0 N–H and O–H groups in total. The number of aryl methyl sites for hydroxylation is 2. The van der Waals surface area contributed by atoms with Crippen LogP contribution in [0.25, 0.3) is 10.8 Å². The van der Waals surface area contributed by atoms with E-state index in [1.807, 2.05) is 24.3 Å². The SMILES string of the molecule is CCCCc1cc(S(=O)(=O)[O-])c2c(CCCC)cccc2c1.[K+]. The second-order valence-electron chi connectivity index (χ2n) is 5.77. The fourth-order valence-corrected chi connectivity index (χ4v) is 3.62. The van der Waals surface area contributed by atoms with Gasteiger partial charge in [0, 0.05) is 5.39 Å². The first-order valence-corrected chi connectivity index (χ1v) is 9.38. The molecule has 2 aromatic rings. The molecule has 23 heavy (non-hydrogen) atoms. The van der Waals surface area contributed by atoms with Crippen molar-refractivity contribution in [3.63, 3.8) is 0 Å². The number of benzene rings is 2. The van der Waals surface area contributed by atoms with Crippen molar-refractivity contribution in [2.24, 2.45) is 0 Å². The topological polar surface area (TPSA) is 57.2 Å². The third-order valence-electron chi connectivity index (χ3n) is 3.97. The van der Waals surface area contributed by atoms with Crippen LogP contribution in [-0.4, -0.2) is 13.0 Å². The molecule has 0 aliphatic rings. The third kappa shape index (κ3) is 5.63. The first-order valence-electron chi connectivity index (χ1n) is 7.97. The van der Waals surface area contributed by atoms with Gasteiger partial charge in [0.05, 0.1) is 4.90 Å². The normalized spacial score (nSPS) is 11.4. The number of hydrogen-bond acceptors (Lipinski definition) is 3. The van der Waals surface area contributed by atoms with Crippen LogP contribution in [-0.2, 0) is 23.0 Å². The maximum absolute atomic E-state index is 11.7. The van der Waals surface area contributed by atoms with Gasteiger partial charge in [0.2, 0.25) is 0 Å². The zero-order valence-electron chi connectivity index (χ0n) is 14.3. The first kappa shape index (κ1) is 21.3. The van der Waals surface area contributed by atoms with Gasteiger partial charge in [0.1, 0.15) is 10.1 Å². The summed E-state index contributed by atoms with van der Waals surface area (Å²) in [6, 6.07) is 9.37. The second kappa shape index (κ2) is 9.66. The van der Waals surface area contributed by atoms with Gasteiger partial charge in [-0.1, -0.05) is 51.0 Å². The van der Waals surface area contributed by atoms with Crippen LogP contribution in [0.1, 0.15) is 50.7 Å². The van der Waals surface area contributed by atoms with E-state index in [0.717, 1.165) is 55.0 Å². The van der Waals surface area contributed by atoms with Gasteiger partial charge in [-0.3, -0.25) is 0 Å².